The van der Waals surface area contributed by atoms with Gasteiger partial charge in [-0.05, 0) is 42.5 Å². The molecule has 0 saturated carbocycles. The van der Waals surface area contributed by atoms with E-state index in [1.165, 1.54) is 12.3 Å². The number of hydrogen-bond acceptors (Lipinski definition) is 6. The zero-order valence-electron chi connectivity index (χ0n) is 14.6. The van der Waals surface area contributed by atoms with Crippen molar-refractivity contribution in [3.05, 3.63) is 66.4 Å². The molecule has 3 aromatic rings. The first kappa shape index (κ1) is 18.4. The number of nitrogens with zero attached hydrogens (tertiary/aromatic N) is 2. The molecule has 0 aliphatic rings. The van der Waals surface area contributed by atoms with E-state index in [2.05, 4.69) is 20.6 Å². The second-order valence-electron chi connectivity index (χ2n) is 5.44. The van der Waals surface area contributed by atoms with Gasteiger partial charge in [-0.1, -0.05) is 6.07 Å². The quantitative estimate of drug-likeness (QED) is 0.583. The van der Waals surface area contributed by atoms with Crippen LogP contribution >= 0.6 is 0 Å². The van der Waals surface area contributed by atoms with Crippen molar-refractivity contribution in [1.29, 1.82) is 0 Å². The maximum absolute atomic E-state index is 13.7. The fraction of sp³-hybridized carbons (Fsp3) is 0.158. The molecular formula is C19H18F2N4O2. The average Bonchev–Trinajstić information content (AvgIpc) is 2.69. The van der Waals surface area contributed by atoms with Crippen LogP contribution in [-0.2, 0) is 0 Å². The van der Waals surface area contributed by atoms with Gasteiger partial charge in [-0.25, -0.2) is 13.8 Å². The lowest BCUT2D eigenvalue weighted by atomic mass is 10.3. The van der Waals surface area contributed by atoms with Gasteiger partial charge >= 0.3 is 0 Å². The molecule has 2 N–H and O–H groups in total. The smallest absolute Gasteiger partial charge is 0.229 e. The van der Waals surface area contributed by atoms with Crippen LogP contribution in [0.2, 0.25) is 0 Å². The molecule has 3 rings (SSSR count). The molecule has 6 nitrogen and oxygen atoms in total. The van der Waals surface area contributed by atoms with E-state index in [-0.39, 0.29) is 11.6 Å². The maximum Gasteiger partial charge on any atom is 0.229 e. The van der Waals surface area contributed by atoms with Crippen LogP contribution < -0.4 is 20.1 Å². The summed E-state index contributed by atoms with van der Waals surface area (Å²) in [5.74, 6) is 0.628. The zero-order chi connectivity index (χ0) is 19.1. The Labute approximate surface area is 155 Å². The third-order valence-electron chi connectivity index (χ3n) is 3.59. The second kappa shape index (κ2) is 8.79. The molecule has 0 aliphatic heterocycles. The van der Waals surface area contributed by atoms with Gasteiger partial charge in [0.1, 0.15) is 41.2 Å². The topological polar surface area (TPSA) is 68.3 Å². The van der Waals surface area contributed by atoms with Crippen LogP contribution in [-0.4, -0.2) is 30.2 Å². The first-order chi connectivity index (χ1) is 13.2. The number of benzene rings is 2. The van der Waals surface area contributed by atoms with E-state index in [9.17, 15) is 8.78 Å². The average molecular weight is 372 g/mol. The molecule has 0 amide bonds. The highest BCUT2D eigenvalue weighted by Crippen LogP contribution is 2.21. The van der Waals surface area contributed by atoms with E-state index < -0.39 is 11.6 Å². The first-order valence-corrected chi connectivity index (χ1v) is 8.20. The number of nitrogens with one attached hydrogen (secondary N) is 2. The van der Waals surface area contributed by atoms with Crippen molar-refractivity contribution in [3.63, 3.8) is 0 Å². The monoisotopic (exact) mass is 372 g/mol. The van der Waals surface area contributed by atoms with E-state index in [4.69, 9.17) is 9.47 Å². The van der Waals surface area contributed by atoms with E-state index in [0.29, 0.717) is 19.0 Å². The van der Waals surface area contributed by atoms with Gasteiger partial charge in [0, 0.05) is 6.20 Å². The van der Waals surface area contributed by atoms with Crippen LogP contribution in [0.3, 0.4) is 0 Å². The van der Waals surface area contributed by atoms with Crippen LogP contribution in [0.4, 0.5) is 26.2 Å². The second-order valence-corrected chi connectivity index (χ2v) is 5.44. The van der Waals surface area contributed by atoms with Crippen LogP contribution in [0.5, 0.6) is 11.5 Å². The Balaban J connectivity index is 1.53. The molecule has 0 bridgehead atoms. The number of para-hydroxylation sites is 1. The van der Waals surface area contributed by atoms with Crippen molar-refractivity contribution in [3.8, 4) is 11.5 Å². The van der Waals surface area contributed by atoms with Gasteiger partial charge in [0.15, 0.2) is 0 Å². The minimum absolute atomic E-state index is 0.0834. The predicted octanol–water partition coefficient (Wildman–Crippen LogP) is 4.00. The highest BCUT2D eigenvalue weighted by atomic mass is 19.1. The first-order valence-electron chi connectivity index (χ1n) is 8.20. The summed E-state index contributed by atoms with van der Waals surface area (Å²) in [6, 6.07) is 12.5. The Hall–Kier alpha value is -3.42. The van der Waals surface area contributed by atoms with Gasteiger partial charge in [-0.2, -0.15) is 4.98 Å². The lowest BCUT2D eigenvalue weighted by Crippen LogP contribution is -2.13. The fourth-order valence-corrected chi connectivity index (χ4v) is 2.27. The molecule has 0 aliphatic carbocycles. The van der Waals surface area contributed by atoms with Crippen molar-refractivity contribution >= 4 is 17.5 Å². The minimum Gasteiger partial charge on any atom is -0.497 e. The highest BCUT2D eigenvalue weighted by molar-refractivity contribution is 5.56. The molecule has 0 atom stereocenters. The van der Waals surface area contributed by atoms with Crippen LogP contribution in [0.1, 0.15) is 0 Å². The van der Waals surface area contributed by atoms with Crippen LogP contribution in [0.15, 0.2) is 54.7 Å². The van der Waals surface area contributed by atoms with Gasteiger partial charge < -0.3 is 20.1 Å². The SMILES string of the molecule is COc1ccc(OCCNc2ccnc(Nc3c(F)cccc3F)n2)cc1. The molecule has 8 heteroatoms. The van der Waals surface area contributed by atoms with E-state index in [1.54, 1.807) is 13.2 Å². The predicted molar refractivity (Wildman–Crippen MR) is 98.7 cm³/mol. The zero-order valence-corrected chi connectivity index (χ0v) is 14.6. The lowest BCUT2D eigenvalue weighted by Gasteiger charge is -2.10. The van der Waals surface area contributed by atoms with Crippen molar-refractivity contribution in [2.24, 2.45) is 0 Å². The third-order valence-corrected chi connectivity index (χ3v) is 3.59. The van der Waals surface area contributed by atoms with Crippen LogP contribution in [0.25, 0.3) is 0 Å². The summed E-state index contributed by atoms with van der Waals surface area (Å²) in [7, 11) is 1.60. The van der Waals surface area contributed by atoms with Gasteiger partial charge in [0.25, 0.3) is 0 Å². The summed E-state index contributed by atoms with van der Waals surface area (Å²) >= 11 is 0. The molecule has 1 aromatic heterocycles. The number of aromatic nitrogens is 2. The van der Waals surface area contributed by atoms with Gasteiger partial charge in [-0.15, -0.1) is 0 Å². The number of halogens is 2. The molecule has 0 spiro atoms. The van der Waals surface area contributed by atoms with Crippen molar-refractivity contribution in [1.82, 2.24) is 9.97 Å². The van der Waals surface area contributed by atoms with Gasteiger partial charge in [0.05, 0.1) is 13.7 Å². The molecule has 140 valence electrons. The molecular weight excluding hydrogens is 354 g/mol. The molecule has 1 heterocycles. The number of ether oxygens (including phenoxy) is 2. The summed E-state index contributed by atoms with van der Waals surface area (Å²) in [5, 5.41) is 5.62. The Morgan fingerprint density at radius 2 is 1.67 bits per heavy atom. The maximum atomic E-state index is 13.7. The number of rotatable bonds is 8. The van der Waals surface area contributed by atoms with E-state index in [0.717, 1.165) is 23.6 Å². The number of anilines is 3. The normalized spacial score (nSPS) is 10.3. The number of hydrogen-bond donors (Lipinski definition) is 2. The molecule has 27 heavy (non-hydrogen) atoms. The largest absolute Gasteiger partial charge is 0.497 e. The summed E-state index contributed by atoms with van der Waals surface area (Å²) in [5.41, 5.74) is -0.294. The summed E-state index contributed by atoms with van der Waals surface area (Å²) in [4.78, 5) is 8.15. The third kappa shape index (κ3) is 5.04. The Kier molecular flexibility index (Phi) is 5.98. The Morgan fingerprint density at radius 1 is 0.963 bits per heavy atom. The van der Waals surface area contributed by atoms with Gasteiger partial charge in [0.2, 0.25) is 5.95 Å². The number of methoxy groups -OCH3 is 1. The minimum atomic E-state index is -0.718. The lowest BCUT2D eigenvalue weighted by molar-refractivity contribution is 0.331. The Bertz CT molecular complexity index is 871. The van der Waals surface area contributed by atoms with Gasteiger partial charge in [-0.3, -0.25) is 0 Å². The standard InChI is InChI=1S/C19H18F2N4O2/c1-26-13-5-7-14(8-6-13)27-12-11-22-17-9-10-23-19(24-17)25-18-15(20)3-2-4-16(18)21/h2-10H,11-12H2,1H3,(H2,22,23,24,25). The molecule has 0 saturated heterocycles. The highest BCUT2D eigenvalue weighted by Gasteiger charge is 2.10. The molecule has 0 unspecified atom stereocenters. The summed E-state index contributed by atoms with van der Waals surface area (Å²) in [6.07, 6.45) is 1.49. The van der Waals surface area contributed by atoms with Crippen LogP contribution in [0, 0.1) is 11.6 Å². The molecule has 0 fully saturated rings. The summed E-state index contributed by atoms with van der Waals surface area (Å²) < 4.78 is 38.1. The van der Waals surface area contributed by atoms with Crippen molar-refractivity contribution < 1.29 is 18.3 Å². The fourth-order valence-electron chi connectivity index (χ4n) is 2.27. The van der Waals surface area contributed by atoms with E-state index in [1.807, 2.05) is 24.3 Å². The molecule has 2 aromatic carbocycles. The van der Waals surface area contributed by atoms with Crippen molar-refractivity contribution in [2.45, 2.75) is 0 Å². The Morgan fingerprint density at radius 3 is 2.37 bits per heavy atom. The molecule has 0 radical (unpaired) electrons. The van der Waals surface area contributed by atoms with Crippen molar-refractivity contribution in [2.75, 3.05) is 30.9 Å². The van der Waals surface area contributed by atoms with E-state index >= 15 is 0 Å². The summed E-state index contributed by atoms with van der Waals surface area (Å²) in [6.45, 7) is 0.886.